The standard InChI is InChI=1S/C13H14N2O5/c16-12(14-7-10(8-14)6-13(17)18)5-9-1-3-11(4-2-9)15(19)20/h1-4,10H,5-8H2,(H,17,18). The zero-order chi connectivity index (χ0) is 14.7. The van der Waals surface area contributed by atoms with Gasteiger partial charge in [-0.3, -0.25) is 19.7 Å². The first-order valence-electron chi connectivity index (χ1n) is 6.18. The lowest BCUT2D eigenvalue weighted by Gasteiger charge is -2.38. The molecule has 1 aliphatic heterocycles. The Hall–Kier alpha value is -2.44. The van der Waals surface area contributed by atoms with Gasteiger partial charge in [-0.1, -0.05) is 12.1 Å². The highest BCUT2D eigenvalue weighted by atomic mass is 16.6. The summed E-state index contributed by atoms with van der Waals surface area (Å²) >= 11 is 0. The third-order valence-corrected chi connectivity index (χ3v) is 3.28. The third-order valence-electron chi connectivity index (χ3n) is 3.28. The maximum Gasteiger partial charge on any atom is 0.303 e. The normalized spacial score (nSPS) is 14.7. The number of rotatable bonds is 5. The van der Waals surface area contributed by atoms with Gasteiger partial charge < -0.3 is 10.0 Å². The second kappa shape index (κ2) is 5.68. The zero-order valence-electron chi connectivity index (χ0n) is 10.7. The molecule has 1 N–H and O–H groups in total. The molecular formula is C13H14N2O5. The molecule has 0 bridgehead atoms. The third kappa shape index (κ3) is 3.31. The number of benzene rings is 1. The van der Waals surface area contributed by atoms with E-state index in [9.17, 15) is 19.7 Å². The number of carbonyl (C=O) groups is 2. The summed E-state index contributed by atoms with van der Waals surface area (Å²) in [6, 6.07) is 5.85. The zero-order valence-corrected chi connectivity index (χ0v) is 10.7. The van der Waals surface area contributed by atoms with Gasteiger partial charge in [0.1, 0.15) is 0 Å². The minimum atomic E-state index is -0.850. The van der Waals surface area contributed by atoms with Crippen LogP contribution in [0, 0.1) is 16.0 Å². The van der Waals surface area contributed by atoms with Gasteiger partial charge in [0.05, 0.1) is 17.8 Å². The molecule has 0 spiro atoms. The highest BCUT2D eigenvalue weighted by Crippen LogP contribution is 2.20. The molecule has 1 amide bonds. The fraction of sp³-hybridized carbons (Fsp3) is 0.385. The number of hydrogen-bond acceptors (Lipinski definition) is 4. The molecule has 1 saturated heterocycles. The summed E-state index contributed by atoms with van der Waals surface area (Å²) in [5, 5.41) is 19.1. The van der Waals surface area contributed by atoms with E-state index in [2.05, 4.69) is 0 Å². The van der Waals surface area contributed by atoms with Crippen molar-refractivity contribution in [3.63, 3.8) is 0 Å². The van der Waals surface area contributed by atoms with Crippen molar-refractivity contribution in [2.24, 2.45) is 5.92 Å². The maximum absolute atomic E-state index is 11.9. The van der Waals surface area contributed by atoms with Crippen molar-refractivity contribution in [2.75, 3.05) is 13.1 Å². The summed E-state index contributed by atoms with van der Waals surface area (Å²) in [4.78, 5) is 34.0. The van der Waals surface area contributed by atoms with Crippen LogP contribution in [0.15, 0.2) is 24.3 Å². The van der Waals surface area contributed by atoms with Crippen LogP contribution in [0.25, 0.3) is 0 Å². The summed E-state index contributed by atoms with van der Waals surface area (Å²) in [7, 11) is 0. The van der Waals surface area contributed by atoms with Gasteiger partial charge >= 0.3 is 5.97 Å². The number of likely N-dealkylation sites (tertiary alicyclic amines) is 1. The van der Waals surface area contributed by atoms with Crippen molar-refractivity contribution in [1.82, 2.24) is 4.90 Å². The fourth-order valence-corrected chi connectivity index (χ4v) is 2.17. The first kappa shape index (κ1) is 14.0. The second-order valence-corrected chi connectivity index (χ2v) is 4.86. The number of amides is 1. The molecule has 0 radical (unpaired) electrons. The van der Waals surface area contributed by atoms with Crippen LogP contribution < -0.4 is 0 Å². The Morgan fingerprint density at radius 2 is 1.90 bits per heavy atom. The Balaban J connectivity index is 1.84. The van der Waals surface area contributed by atoms with E-state index >= 15 is 0 Å². The predicted octanol–water partition coefficient (Wildman–Crippen LogP) is 1.07. The van der Waals surface area contributed by atoms with E-state index in [-0.39, 0.29) is 30.4 Å². The molecular weight excluding hydrogens is 264 g/mol. The Kier molecular flexibility index (Phi) is 3.97. The van der Waals surface area contributed by atoms with Crippen molar-refractivity contribution in [3.8, 4) is 0 Å². The van der Waals surface area contributed by atoms with Gasteiger partial charge in [0, 0.05) is 31.1 Å². The van der Waals surface area contributed by atoms with Crippen LogP contribution in [0.4, 0.5) is 5.69 Å². The largest absolute Gasteiger partial charge is 0.481 e. The number of nitrogens with zero attached hydrogens (tertiary/aromatic N) is 2. The topological polar surface area (TPSA) is 101 Å². The number of nitro benzene ring substituents is 1. The lowest BCUT2D eigenvalue weighted by atomic mass is 9.95. The van der Waals surface area contributed by atoms with Crippen molar-refractivity contribution in [3.05, 3.63) is 39.9 Å². The summed E-state index contributed by atoms with van der Waals surface area (Å²) < 4.78 is 0. The van der Waals surface area contributed by atoms with E-state index in [1.165, 1.54) is 12.1 Å². The Morgan fingerprint density at radius 3 is 2.40 bits per heavy atom. The molecule has 7 heteroatoms. The molecule has 1 aromatic rings. The molecule has 0 unspecified atom stereocenters. The van der Waals surface area contributed by atoms with E-state index < -0.39 is 10.9 Å². The van der Waals surface area contributed by atoms with E-state index in [4.69, 9.17) is 5.11 Å². The molecule has 2 rings (SSSR count). The Bertz CT molecular complexity index is 534. The van der Waals surface area contributed by atoms with Gasteiger partial charge in [-0.05, 0) is 5.56 Å². The minimum absolute atomic E-state index is 0.00771. The quantitative estimate of drug-likeness (QED) is 0.641. The summed E-state index contributed by atoms with van der Waals surface area (Å²) in [5.41, 5.74) is 0.703. The molecule has 0 aromatic heterocycles. The second-order valence-electron chi connectivity index (χ2n) is 4.86. The van der Waals surface area contributed by atoms with Gasteiger partial charge in [-0.15, -0.1) is 0 Å². The van der Waals surface area contributed by atoms with Gasteiger partial charge in [0.25, 0.3) is 5.69 Å². The summed E-state index contributed by atoms with van der Waals surface area (Å²) in [6.45, 7) is 0.941. The molecule has 20 heavy (non-hydrogen) atoms. The Labute approximate surface area is 115 Å². The minimum Gasteiger partial charge on any atom is -0.481 e. The fourth-order valence-electron chi connectivity index (χ4n) is 2.17. The van der Waals surface area contributed by atoms with Crippen LogP contribution in [-0.2, 0) is 16.0 Å². The molecule has 7 nitrogen and oxygen atoms in total. The maximum atomic E-state index is 11.9. The number of nitro groups is 1. The van der Waals surface area contributed by atoms with Crippen LogP contribution >= 0.6 is 0 Å². The average Bonchev–Trinajstić information content (AvgIpc) is 2.33. The van der Waals surface area contributed by atoms with Gasteiger partial charge in [-0.25, -0.2) is 0 Å². The van der Waals surface area contributed by atoms with Crippen LogP contribution in [0.1, 0.15) is 12.0 Å². The predicted molar refractivity (Wildman–Crippen MR) is 69.1 cm³/mol. The molecule has 1 aliphatic rings. The van der Waals surface area contributed by atoms with E-state index in [1.54, 1.807) is 17.0 Å². The van der Waals surface area contributed by atoms with Gasteiger partial charge in [0.15, 0.2) is 0 Å². The van der Waals surface area contributed by atoms with Crippen LogP contribution in [-0.4, -0.2) is 39.9 Å². The summed E-state index contributed by atoms with van der Waals surface area (Å²) in [6.07, 6.45) is 0.263. The van der Waals surface area contributed by atoms with Crippen molar-refractivity contribution < 1.29 is 19.6 Å². The monoisotopic (exact) mass is 278 g/mol. The Morgan fingerprint density at radius 1 is 1.30 bits per heavy atom. The molecule has 106 valence electrons. The van der Waals surface area contributed by atoms with Gasteiger partial charge in [0.2, 0.25) is 5.91 Å². The number of non-ortho nitro benzene ring substituents is 1. The molecule has 0 atom stereocenters. The van der Waals surface area contributed by atoms with Crippen molar-refractivity contribution >= 4 is 17.6 Å². The smallest absolute Gasteiger partial charge is 0.303 e. The molecule has 0 aliphatic carbocycles. The van der Waals surface area contributed by atoms with E-state index in [0.29, 0.717) is 18.7 Å². The first-order chi connectivity index (χ1) is 9.45. The van der Waals surface area contributed by atoms with E-state index in [0.717, 1.165) is 0 Å². The summed E-state index contributed by atoms with van der Waals surface area (Å²) in [5.74, 6) is -0.897. The van der Waals surface area contributed by atoms with Crippen molar-refractivity contribution in [1.29, 1.82) is 0 Å². The van der Waals surface area contributed by atoms with Crippen LogP contribution in [0.5, 0.6) is 0 Å². The van der Waals surface area contributed by atoms with Crippen molar-refractivity contribution in [2.45, 2.75) is 12.8 Å². The highest BCUT2D eigenvalue weighted by molar-refractivity contribution is 5.80. The van der Waals surface area contributed by atoms with Gasteiger partial charge in [-0.2, -0.15) is 0 Å². The van der Waals surface area contributed by atoms with Crippen LogP contribution in [0.3, 0.4) is 0 Å². The average molecular weight is 278 g/mol. The highest BCUT2D eigenvalue weighted by Gasteiger charge is 2.31. The first-order valence-corrected chi connectivity index (χ1v) is 6.18. The lowest BCUT2D eigenvalue weighted by Crippen LogP contribution is -2.51. The molecule has 1 aromatic carbocycles. The number of carboxylic acid groups (broad SMARTS) is 1. The number of carboxylic acids is 1. The lowest BCUT2D eigenvalue weighted by molar-refractivity contribution is -0.384. The number of aliphatic carboxylic acids is 1. The molecule has 0 saturated carbocycles. The molecule has 1 fully saturated rings. The van der Waals surface area contributed by atoms with Crippen LogP contribution in [0.2, 0.25) is 0 Å². The number of carbonyl (C=O) groups excluding carboxylic acids is 1. The number of hydrogen-bond donors (Lipinski definition) is 1. The SMILES string of the molecule is O=C(O)CC1CN(C(=O)Cc2ccc([N+](=O)[O-])cc2)C1. The molecule has 1 heterocycles. The van der Waals surface area contributed by atoms with E-state index in [1.807, 2.05) is 0 Å².